The van der Waals surface area contributed by atoms with Gasteiger partial charge in [0.15, 0.2) is 0 Å². The molecule has 12 heteroatoms. The van der Waals surface area contributed by atoms with Crippen LogP contribution in [0.25, 0.3) is 0 Å². The third-order valence-corrected chi connectivity index (χ3v) is 6.14. The van der Waals surface area contributed by atoms with E-state index in [2.05, 4.69) is 10.6 Å². The summed E-state index contributed by atoms with van der Waals surface area (Å²) in [6, 6.07) is 26.4. The van der Waals surface area contributed by atoms with Crippen LogP contribution in [0.4, 0.5) is 18.9 Å². The molecule has 4 aromatic carbocycles. The minimum atomic E-state index is -4.34. The first kappa shape index (κ1) is 37.3. The van der Waals surface area contributed by atoms with Crippen molar-refractivity contribution >= 4 is 35.9 Å². The predicted octanol–water partition coefficient (Wildman–Crippen LogP) is 7.07. The van der Waals surface area contributed by atoms with E-state index >= 15 is 0 Å². The monoisotopic (exact) mass is 658 g/mol. The van der Waals surface area contributed by atoms with Crippen LogP contribution in [0.1, 0.15) is 45.7 Å². The fourth-order valence-corrected chi connectivity index (χ4v) is 4.02. The molecular formula is C34H34ClF3N2O6. The predicted molar refractivity (Wildman–Crippen MR) is 170 cm³/mol. The number of halogens is 4. The smallest absolute Gasteiger partial charge is 0.416 e. The van der Waals surface area contributed by atoms with E-state index in [0.717, 1.165) is 12.1 Å². The van der Waals surface area contributed by atoms with Crippen LogP contribution in [0.5, 0.6) is 11.5 Å². The number of aromatic hydroxyl groups is 1. The Morgan fingerprint density at radius 2 is 1.50 bits per heavy atom. The van der Waals surface area contributed by atoms with E-state index in [1.165, 1.54) is 25.1 Å². The minimum absolute atomic E-state index is 0. The summed E-state index contributed by atoms with van der Waals surface area (Å²) in [4.78, 5) is 34.5. The van der Waals surface area contributed by atoms with Crippen molar-refractivity contribution in [2.24, 2.45) is 0 Å². The number of alkyl halides is 3. The van der Waals surface area contributed by atoms with Crippen molar-refractivity contribution in [3.63, 3.8) is 0 Å². The van der Waals surface area contributed by atoms with E-state index in [4.69, 9.17) is 9.47 Å². The summed E-state index contributed by atoms with van der Waals surface area (Å²) in [5.41, 5.74) is 1.16. The first-order chi connectivity index (χ1) is 21.4. The van der Waals surface area contributed by atoms with Crippen molar-refractivity contribution in [3.05, 3.63) is 125 Å². The zero-order valence-corrected chi connectivity index (χ0v) is 25.9. The molecule has 0 heterocycles. The number of nitrogens with one attached hydrogen (secondary N) is 2. The Bertz CT molecular complexity index is 1570. The molecule has 1 atom stereocenters. The molecule has 1 unspecified atom stereocenters. The maximum atomic E-state index is 12.7. The maximum absolute atomic E-state index is 12.7. The molecule has 4 aromatic rings. The van der Waals surface area contributed by atoms with Crippen molar-refractivity contribution in [2.45, 2.75) is 32.5 Å². The van der Waals surface area contributed by atoms with Crippen LogP contribution in [-0.4, -0.2) is 42.1 Å². The molecule has 0 spiro atoms. The highest BCUT2D eigenvalue weighted by Gasteiger charge is 2.30. The number of para-hydroxylation sites is 1. The number of carbonyl (C=O) groups is 3. The SMILES string of the molecule is CC(=O)Nc1ccc(OC(=O)c2ccccc2O)cc1.CC(Cc1cccc(C(F)(F)F)c1)NCCOC(=O)c1ccccc1.Cl. The Balaban J connectivity index is 0.000000321. The molecule has 0 saturated carbocycles. The number of ether oxygens (including phenoxy) is 2. The summed E-state index contributed by atoms with van der Waals surface area (Å²) in [5, 5.41) is 15.3. The number of hydrogen-bond acceptors (Lipinski definition) is 7. The highest BCUT2D eigenvalue weighted by molar-refractivity contribution is 5.94. The number of esters is 2. The molecule has 0 fully saturated rings. The third kappa shape index (κ3) is 12.6. The quantitative estimate of drug-likeness (QED) is 0.0948. The molecule has 0 aliphatic heterocycles. The van der Waals surface area contributed by atoms with Crippen LogP contribution in [-0.2, 0) is 22.1 Å². The highest BCUT2D eigenvalue weighted by Crippen LogP contribution is 2.29. The van der Waals surface area contributed by atoms with Crippen molar-refractivity contribution in [3.8, 4) is 11.5 Å². The van der Waals surface area contributed by atoms with Gasteiger partial charge >= 0.3 is 18.1 Å². The van der Waals surface area contributed by atoms with Gasteiger partial charge in [-0.2, -0.15) is 13.2 Å². The average molecular weight is 659 g/mol. The Labute approximate surface area is 271 Å². The molecule has 0 radical (unpaired) electrons. The molecule has 1 amide bonds. The van der Waals surface area contributed by atoms with E-state index < -0.39 is 23.7 Å². The molecule has 0 aliphatic carbocycles. The van der Waals surface area contributed by atoms with E-state index in [1.807, 2.05) is 13.0 Å². The second-order valence-corrected chi connectivity index (χ2v) is 9.87. The van der Waals surface area contributed by atoms with Crippen LogP contribution in [0.2, 0.25) is 0 Å². The van der Waals surface area contributed by atoms with E-state index in [0.29, 0.717) is 35.5 Å². The summed E-state index contributed by atoms with van der Waals surface area (Å²) >= 11 is 0. The molecule has 244 valence electrons. The number of anilines is 1. The fraction of sp³-hybridized carbons (Fsp3) is 0.206. The van der Waals surface area contributed by atoms with Gasteiger partial charge in [-0.05, 0) is 73.5 Å². The zero-order valence-electron chi connectivity index (χ0n) is 25.0. The second kappa shape index (κ2) is 18.2. The Kier molecular flexibility index (Phi) is 14.8. The summed E-state index contributed by atoms with van der Waals surface area (Å²) in [5.74, 6) is -1.02. The molecule has 0 aliphatic rings. The molecule has 8 nitrogen and oxygen atoms in total. The lowest BCUT2D eigenvalue weighted by molar-refractivity contribution is -0.137. The van der Waals surface area contributed by atoms with Gasteiger partial charge in [0.1, 0.15) is 23.7 Å². The molecule has 0 bridgehead atoms. The highest BCUT2D eigenvalue weighted by atomic mass is 35.5. The van der Waals surface area contributed by atoms with Crippen LogP contribution in [0.3, 0.4) is 0 Å². The lowest BCUT2D eigenvalue weighted by Crippen LogP contribution is -2.31. The first-order valence-corrected chi connectivity index (χ1v) is 13.9. The Morgan fingerprint density at radius 3 is 2.13 bits per heavy atom. The number of benzene rings is 4. The maximum Gasteiger partial charge on any atom is 0.416 e. The van der Waals surface area contributed by atoms with Gasteiger partial charge in [0, 0.05) is 25.2 Å². The van der Waals surface area contributed by atoms with Crippen molar-refractivity contribution in [2.75, 3.05) is 18.5 Å². The number of phenols is 1. The fourth-order valence-electron chi connectivity index (χ4n) is 4.02. The van der Waals surface area contributed by atoms with Gasteiger partial charge in [-0.3, -0.25) is 4.79 Å². The van der Waals surface area contributed by atoms with Crippen molar-refractivity contribution < 1.29 is 42.1 Å². The zero-order chi connectivity index (χ0) is 32.8. The average Bonchev–Trinajstić information content (AvgIpc) is 3.00. The molecule has 0 saturated heterocycles. The summed E-state index contributed by atoms with van der Waals surface area (Å²) in [6.45, 7) is 3.91. The van der Waals surface area contributed by atoms with Gasteiger partial charge in [0.05, 0.1) is 11.1 Å². The number of phenolic OH excluding ortho intramolecular Hbond substituents is 1. The number of rotatable bonds is 10. The van der Waals surface area contributed by atoms with Gasteiger partial charge in [0.25, 0.3) is 0 Å². The molecule has 3 N–H and O–H groups in total. The van der Waals surface area contributed by atoms with Crippen molar-refractivity contribution in [1.82, 2.24) is 5.32 Å². The van der Waals surface area contributed by atoms with Crippen molar-refractivity contribution in [1.29, 1.82) is 0 Å². The van der Waals surface area contributed by atoms with Gasteiger partial charge in [-0.15, -0.1) is 12.4 Å². The molecule has 4 rings (SSSR count). The lowest BCUT2D eigenvalue weighted by Gasteiger charge is -2.15. The van der Waals surface area contributed by atoms with Gasteiger partial charge in [-0.1, -0.05) is 48.5 Å². The number of hydrogen-bond donors (Lipinski definition) is 3. The van der Waals surface area contributed by atoms with E-state index in [-0.39, 0.29) is 42.3 Å². The first-order valence-electron chi connectivity index (χ1n) is 13.9. The Hall–Kier alpha value is -4.87. The summed E-state index contributed by atoms with van der Waals surface area (Å²) in [6.07, 6.45) is -3.88. The lowest BCUT2D eigenvalue weighted by atomic mass is 10.0. The third-order valence-electron chi connectivity index (χ3n) is 6.14. The van der Waals surface area contributed by atoms with Crippen LogP contribution >= 0.6 is 12.4 Å². The molecule has 0 aromatic heterocycles. The van der Waals surface area contributed by atoms with Crippen LogP contribution in [0, 0.1) is 0 Å². The summed E-state index contributed by atoms with van der Waals surface area (Å²) < 4.78 is 48.4. The standard InChI is InChI=1S/C19H20F3NO2.C15H13NO4.ClH/c1-14(12-15-6-5-9-17(13-15)19(20,21)22)23-10-11-25-18(24)16-7-3-2-4-8-16;1-10(17)16-11-6-8-12(9-7-11)20-15(19)13-4-2-3-5-14(13)18;/h2-9,13-14,23H,10-12H2,1H3;2-9,18H,1H3,(H,16,17);1H. The van der Waals surface area contributed by atoms with Gasteiger partial charge < -0.3 is 25.2 Å². The van der Waals surface area contributed by atoms with Crippen LogP contribution in [0.15, 0.2) is 103 Å². The second-order valence-electron chi connectivity index (χ2n) is 9.87. The van der Waals surface area contributed by atoms with Gasteiger partial charge in [-0.25, -0.2) is 9.59 Å². The minimum Gasteiger partial charge on any atom is -0.507 e. The number of carbonyl (C=O) groups excluding carboxylic acids is 3. The van der Waals surface area contributed by atoms with Crippen LogP contribution < -0.4 is 15.4 Å². The topological polar surface area (TPSA) is 114 Å². The number of amides is 1. The van der Waals surface area contributed by atoms with E-state index in [9.17, 15) is 32.7 Å². The normalized spacial score (nSPS) is 11.2. The molecular weight excluding hydrogens is 625 g/mol. The Morgan fingerprint density at radius 1 is 0.848 bits per heavy atom. The summed E-state index contributed by atoms with van der Waals surface area (Å²) in [7, 11) is 0. The van der Waals surface area contributed by atoms with Gasteiger partial charge in [0.2, 0.25) is 5.91 Å². The largest absolute Gasteiger partial charge is 0.507 e. The molecule has 46 heavy (non-hydrogen) atoms. The van der Waals surface area contributed by atoms with E-state index in [1.54, 1.807) is 66.7 Å².